The van der Waals surface area contributed by atoms with Crippen LogP contribution in [-0.2, 0) is 0 Å². The molecule has 2 aromatic carbocycles. The molecule has 0 spiro atoms. The second-order valence-electron chi connectivity index (χ2n) is 5.37. The van der Waals surface area contributed by atoms with Gasteiger partial charge in [0.05, 0.1) is 0 Å². The van der Waals surface area contributed by atoms with Crippen LogP contribution in [0.4, 0.5) is 0 Å². The Hall–Kier alpha value is -2.27. The number of rotatable bonds is 4. The molecule has 22 heavy (non-hydrogen) atoms. The van der Waals surface area contributed by atoms with E-state index < -0.39 is 0 Å². The summed E-state index contributed by atoms with van der Waals surface area (Å²) in [6.45, 7) is 3.22. The fourth-order valence-corrected chi connectivity index (χ4v) is 2.77. The molecule has 0 atom stereocenters. The number of hydrogen-bond acceptors (Lipinski definition) is 4. The van der Waals surface area contributed by atoms with Crippen LogP contribution in [0.3, 0.4) is 0 Å². The van der Waals surface area contributed by atoms with E-state index in [1.54, 1.807) is 0 Å². The molecule has 0 amide bonds. The quantitative estimate of drug-likeness (QED) is 0.531. The summed E-state index contributed by atoms with van der Waals surface area (Å²) in [7, 11) is 0. The standard InChI is InChI=1S/C17H19NO.HNO2/c19-17(9-12-18-10-3-4-11-18)16-8-7-14-5-1-2-6-15(14)13-16;2-1-3/h1-2,5-8,13H,3-4,9-12H2;(H,2,3). The van der Waals surface area contributed by atoms with Crippen molar-refractivity contribution in [3.8, 4) is 0 Å². The first-order chi connectivity index (χ1) is 10.7. The number of likely N-dealkylation sites (tertiary alicyclic amines) is 1. The SMILES string of the molecule is O=C(CCN1CCCC1)c1ccc2ccccc2c1.O=NO. The minimum absolute atomic E-state index is 0.262. The van der Waals surface area contributed by atoms with E-state index in [2.05, 4.69) is 17.0 Å². The summed E-state index contributed by atoms with van der Waals surface area (Å²) in [5, 5.41) is 10.2. The predicted octanol–water partition coefficient (Wildman–Crippen LogP) is 3.65. The number of nitrogens with zero attached hydrogens (tertiary/aromatic N) is 2. The van der Waals surface area contributed by atoms with Gasteiger partial charge in [-0.3, -0.25) is 4.79 Å². The number of ketones is 1. The fraction of sp³-hybridized carbons (Fsp3) is 0.353. The van der Waals surface area contributed by atoms with Crippen LogP contribution in [0.2, 0.25) is 0 Å². The first kappa shape index (κ1) is 16.1. The van der Waals surface area contributed by atoms with Crippen molar-refractivity contribution in [3.63, 3.8) is 0 Å². The highest BCUT2D eigenvalue weighted by Crippen LogP contribution is 2.17. The second kappa shape index (κ2) is 8.24. The first-order valence-corrected chi connectivity index (χ1v) is 7.45. The summed E-state index contributed by atoms with van der Waals surface area (Å²) in [6, 6.07) is 14.2. The molecular formula is C17H20N2O3. The third-order valence-corrected chi connectivity index (χ3v) is 3.93. The minimum atomic E-state index is 0.262. The summed E-state index contributed by atoms with van der Waals surface area (Å²) in [4.78, 5) is 22.7. The summed E-state index contributed by atoms with van der Waals surface area (Å²) in [5.41, 5.74) is 0.845. The van der Waals surface area contributed by atoms with Crippen LogP contribution in [-0.4, -0.2) is 35.5 Å². The Balaban J connectivity index is 0.000000545. The Bertz CT molecular complexity index is 637. The van der Waals surface area contributed by atoms with Crippen molar-refractivity contribution in [1.29, 1.82) is 0 Å². The summed E-state index contributed by atoms with van der Waals surface area (Å²) >= 11 is 0. The molecule has 2 aromatic rings. The van der Waals surface area contributed by atoms with E-state index in [1.165, 1.54) is 23.6 Å². The zero-order valence-corrected chi connectivity index (χ0v) is 12.4. The molecule has 5 nitrogen and oxygen atoms in total. The summed E-state index contributed by atoms with van der Waals surface area (Å²) in [6.07, 6.45) is 3.20. The molecule has 0 saturated carbocycles. The lowest BCUT2D eigenvalue weighted by Gasteiger charge is -2.13. The molecule has 3 rings (SSSR count). The molecule has 5 heteroatoms. The molecule has 1 saturated heterocycles. The highest BCUT2D eigenvalue weighted by atomic mass is 16.6. The van der Waals surface area contributed by atoms with Gasteiger partial charge in [-0.15, -0.1) is 4.91 Å². The van der Waals surface area contributed by atoms with Gasteiger partial charge in [0, 0.05) is 18.5 Å². The molecule has 1 fully saturated rings. The van der Waals surface area contributed by atoms with Gasteiger partial charge in [-0.05, 0) is 42.8 Å². The Kier molecular flexibility index (Phi) is 6.03. The number of fused-ring (bicyclic) bond motifs is 1. The highest BCUT2D eigenvalue weighted by molar-refractivity contribution is 6.00. The molecule has 1 aliphatic heterocycles. The predicted molar refractivity (Wildman–Crippen MR) is 86.2 cm³/mol. The molecule has 1 N–H and O–H groups in total. The van der Waals surface area contributed by atoms with E-state index in [1.807, 2.05) is 30.3 Å². The first-order valence-electron chi connectivity index (χ1n) is 7.45. The van der Waals surface area contributed by atoms with Gasteiger partial charge in [0.15, 0.2) is 11.1 Å². The van der Waals surface area contributed by atoms with Crippen LogP contribution < -0.4 is 0 Å². The maximum Gasteiger partial charge on any atom is 0.164 e. The smallest absolute Gasteiger partial charge is 0.164 e. The Morgan fingerprint density at radius 2 is 1.73 bits per heavy atom. The van der Waals surface area contributed by atoms with Gasteiger partial charge in [-0.25, -0.2) is 0 Å². The number of carbonyl (C=O) groups is 1. The van der Waals surface area contributed by atoms with Crippen molar-refractivity contribution < 1.29 is 10.0 Å². The topological polar surface area (TPSA) is 70.0 Å². The van der Waals surface area contributed by atoms with Gasteiger partial charge in [0.2, 0.25) is 0 Å². The van der Waals surface area contributed by atoms with Crippen molar-refractivity contribution in [1.82, 2.24) is 4.90 Å². The summed E-state index contributed by atoms with van der Waals surface area (Å²) in [5.74, 6) is 0.262. The van der Waals surface area contributed by atoms with Crippen LogP contribution in [0, 0.1) is 4.91 Å². The molecule has 0 aromatic heterocycles. The average Bonchev–Trinajstić information content (AvgIpc) is 3.06. The third-order valence-electron chi connectivity index (χ3n) is 3.93. The number of benzene rings is 2. The van der Waals surface area contributed by atoms with Crippen molar-refractivity contribution in [2.24, 2.45) is 5.34 Å². The van der Waals surface area contributed by atoms with Gasteiger partial charge < -0.3 is 10.1 Å². The minimum Gasteiger partial charge on any atom is -0.379 e. The van der Waals surface area contributed by atoms with Crippen molar-refractivity contribution in [2.45, 2.75) is 19.3 Å². The molecule has 1 heterocycles. The van der Waals surface area contributed by atoms with E-state index in [-0.39, 0.29) is 5.78 Å². The third kappa shape index (κ3) is 4.36. The van der Waals surface area contributed by atoms with Crippen molar-refractivity contribution in [2.75, 3.05) is 19.6 Å². The van der Waals surface area contributed by atoms with Gasteiger partial charge in [-0.1, -0.05) is 36.4 Å². The molecule has 1 aliphatic rings. The lowest BCUT2D eigenvalue weighted by Crippen LogP contribution is -2.22. The summed E-state index contributed by atoms with van der Waals surface area (Å²) < 4.78 is 0. The van der Waals surface area contributed by atoms with Gasteiger partial charge >= 0.3 is 0 Å². The van der Waals surface area contributed by atoms with Crippen LogP contribution in [0.1, 0.15) is 29.6 Å². The zero-order chi connectivity index (χ0) is 15.8. The van der Waals surface area contributed by atoms with Crippen LogP contribution >= 0.6 is 0 Å². The fourth-order valence-electron chi connectivity index (χ4n) is 2.77. The number of hydrogen-bond donors (Lipinski definition) is 1. The van der Waals surface area contributed by atoms with Crippen molar-refractivity contribution >= 4 is 16.6 Å². The lowest BCUT2D eigenvalue weighted by atomic mass is 10.0. The normalized spacial score (nSPS) is 14.4. The van der Waals surface area contributed by atoms with Gasteiger partial charge in [-0.2, -0.15) is 0 Å². The largest absolute Gasteiger partial charge is 0.379 e. The van der Waals surface area contributed by atoms with Crippen LogP contribution in [0.15, 0.2) is 47.8 Å². The molecule has 0 aliphatic carbocycles. The zero-order valence-electron chi connectivity index (χ0n) is 12.4. The maximum absolute atomic E-state index is 12.2. The molecule has 116 valence electrons. The molecule has 0 radical (unpaired) electrons. The molecule has 0 unspecified atom stereocenters. The van der Waals surface area contributed by atoms with E-state index >= 15 is 0 Å². The van der Waals surface area contributed by atoms with E-state index in [0.717, 1.165) is 30.6 Å². The average molecular weight is 300 g/mol. The Morgan fingerprint density at radius 1 is 1.09 bits per heavy atom. The lowest BCUT2D eigenvalue weighted by molar-refractivity contribution is 0.0969. The number of carbonyl (C=O) groups excluding carboxylic acids is 1. The van der Waals surface area contributed by atoms with Crippen molar-refractivity contribution in [3.05, 3.63) is 52.9 Å². The Morgan fingerprint density at radius 3 is 2.41 bits per heavy atom. The van der Waals surface area contributed by atoms with Crippen LogP contribution in [0.5, 0.6) is 0 Å². The number of Topliss-reactive ketones (excluding diaryl/α,β-unsaturated/α-hetero) is 1. The monoisotopic (exact) mass is 300 g/mol. The highest BCUT2D eigenvalue weighted by Gasteiger charge is 2.13. The Labute approximate surface area is 129 Å². The van der Waals surface area contributed by atoms with E-state index in [4.69, 9.17) is 10.1 Å². The molecular weight excluding hydrogens is 280 g/mol. The maximum atomic E-state index is 12.2. The second-order valence-corrected chi connectivity index (χ2v) is 5.37. The van der Waals surface area contributed by atoms with E-state index in [0.29, 0.717) is 6.42 Å². The van der Waals surface area contributed by atoms with Crippen LogP contribution in [0.25, 0.3) is 10.8 Å². The van der Waals surface area contributed by atoms with Gasteiger partial charge in [0.25, 0.3) is 0 Å². The van der Waals surface area contributed by atoms with Gasteiger partial charge in [0.1, 0.15) is 0 Å². The van der Waals surface area contributed by atoms with E-state index in [9.17, 15) is 4.79 Å². The molecule has 0 bridgehead atoms.